The van der Waals surface area contributed by atoms with Crippen LogP contribution in [0.3, 0.4) is 0 Å². The molecule has 0 radical (unpaired) electrons. The number of aromatic nitrogens is 7. The molecular weight excluding hydrogens is 467 g/mol. The Balaban J connectivity index is 1.32. The highest BCUT2D eigenvalue weighted by Gasteiger charge is 2.21. The second kappa shape index (κ2) is 8.86. The van der Waals surface area contributed by atoms with Crippen LogP contribution in [0.1, 0.15) is 18.4 Å². The summed E-state index contributed by atoms with van der Waals surface area (Å²) in [5.41, 5.74) is 6.44. The zero-order chi connectivity index (χ0) is 24.8. The Morgan fingerprint density at radius 3 is 2.68 bits per heavy atom. The van der Waals surface area contributed by atoms with Crippen molar-refractivity contribution in [3.8, 4) is 33.8 Å². The van der Waals surface area contributed by atoms with E-state index in [4.69, 9.17) is 0 Å². The minimum absolute atomic E-state index is 0.359. The average Bonchev–Trinajstić information content (AvgIpc) is 3.69. The molecule has 0 amide bonds. The molecule has 9 heteroatoms. The van der Waals surface area contributed by atoms with Crippen LogP contribution >= 0.6 is 0 Å². The fourth-order valence-electron chi connectivity index (χ4n) is 5.17. The van der Waals surface area contributed by atoms with Gasteiger partial charge in [-0.25, -0.2) is 14.4 Å². The molecule has 6 heterocycles. The van der Waals surface area contributed by atoms with Gasteiger partial charge in [0.15, 0.2) is 11.5 Å². The molecule has 1 aromatic carbocycles. The van der Waals surface area contributed by atoms with E-state index < -0.39 is 0 Å². The summed E-state index contributed by atoms with van der Waals surface area (Å²) in [5, 5.41) is 7.76. The molecule has 1 saturated heterocycles. The van der Waals surface area contributed by atoms with Crippen LogP contribution < -0.4 is 0 Å². The molecule has 0 saturated carbocycles. The number of likely N-dealkylation sites (tertiary alicyclic amines) is 1. The van der Waals surface area contributed by atoms with Gasteiger partial charge in [-0.2, -0.15) is 5.10 Å². The summed E-state index contributed by atoms with van der Waals surface area (Å²) in [6, 6.07) is 11.4. The number of rotatable bonds is 5. The highest BCUT2D eigenvalue weighted by Crippen LogP contribution is 2.35. The average molecular weight is 491 g/mol. The van der Waals surface area contributed by atoms with Crippen molar-refractivity contribution < 1.29 is 4.39 Å². The SMILES string of the molecule is Fc1c(-c2cncc(CN3CCCC3)c2)ccc2[nH]nc(-c3nc4nccc(-c5cccnc5)c4[nH]3)c12. The summed E-state index contributed by atoms with van der Waals surface area (Å²) >= 11 is 0. The van der Waals surface area contributed by atoms with Crippen molar-refractivity contribution in [2.75, 3.05) is 13.1 Å². The van der Waals surface area contributed by atoms with Gasteiger partial charge in [0.05, 0.1) is 16.4 Å². The number of halogens is 1. The highest BCUT2D eigenvalue weighted by molar-refractivity contribution is 5.97. The lowest BCUT2D eigenvalue weighted by atomic mass is 10.0. The second-order valence-corrected chi connectivity index (χ2v) is 9.37. The maximum atomic E-state index is 16.1. The number of benzene rings is 1. The summed E-state index contributed by atoms with van der Waals surface area (Å²) in [4.78, 5) is 23.4. The Labute approximate surface area is 211 Å². The largest absolute Gasteiger partial charge is 0.335 e. The molecule has 1 fully saturated rings. The molecule has 8 nitrogen and oxygen atoms in total. The Morgan fingerprint density at radius 1 is 0.919 bits per heavy atom. The molecule has 0 spiro atoms. The minimum atomic E-state index is -0.359. The number of aromatic amines is 2. The van der Waals surface area contributed by atoms with Gasteiger partial charge in [-0.1, -0.05) is 6.07 Å². The van der Waals surface area contributed by atoms with E-state index in [0.29, 0.717) is 33.6 Å². The number of hydrogen-bond acceptors (Lipinski definition) is 6. The Hall–Kier alpha value is -4.50. The van der Waals surface area contributed by atoms with Crippen molar-refractivity contribution in [1.29, 1.82) is 0 Å². The fourth-order valence-corrected chi connectivity index (χ4v) is 5.17. The summed E-state index contributed by atoms with van der Waals surface area (Å²) in [6.07, 6.45) is 11.3. The lowest BCUT2D eigenvalue weighted by Crippen LogP contribution is -2.18. The quantitative estimate of drug-likeness (QED) is 0.338. The summed E-state index contributed by atoms with van der Waals surface area (Å²) in [6.45, 7) is 3.02. The Morgan fingerprint density at radius 2 is 1.81 bits per heavy atom. The topological polar surface area (TPSA) is 99.3 Å². The molecule has 0 unspecified atom stereocenters. The van der Waals surface area contributed by atoms with Crippen LogP contribution in [0.25, 0.3) is 55.8 Å². The van der Waals surface area contributed by atoms with E-state index in [1.165, 1.54) is 12.8 Å². The van der Waals surface area contributed by atoms with E-state index in [9.17, 15) is 0 Å². The molecule has 2 N–H and O–H groups in total. The van der Waals surface area contributed by atoms with Crippen molar-refractivity contribution in [1.82, 2.24) is 40.0 Å². The molecule has 182 valence electrons. The monoisotopic (exact) mass is 490 g/mol. The maximum absolute atomic E-state index is 16.1. The third-order valence-corrected chi connectivity index (χ3v) is 6.97. The second-order valence-electron chi connectivity index (χ2n) is 9.37. The van der Waals surface area contributed by atoms with Crippen LogP contribution in [-0.2, 0) is 6.54 Å². The van der Waals surface area contributed by atoms with E-state index >= 15 is 4.39 Å². The summed E-state index contributed by atoms with van der Waals surface area (Å²) in [7, 11) is 0. The van der Waals surface area contributed by atoms with Crippen molar-refractivity contribution in [2.24, 2.45) is 0 Å². The summed E-state index contributed by atoms with van der Waals surface area (Å²) < 4.78 is 16.1. The zero-order valence-electron chi connectivity index (χ0n) is 19.9. The van der Waals surface area contributed by atoms with Gasteiger partial charge in [0.25, 0.3) is 0 Å². The first-order chi connectivity index (χ1) is 18.2. The highest BCUT2D eigenvalue weighted by atomic mass is 19.1. The van der Waals surface area contributed by atoms with E-state index in [1.807, 2.05) is 36.5 Å². The van der Waals surface area contributed by atoms with Gasteiger partial charge in [-0.15, -0.1) is 0 Å². The van der Waals surface area contributed by atoms with Crippen LogP contribution in [0, 0.1) is 5.82 Å². The van der Waals surface area contributed by atoms with E-state index in [0.717, 1.165) is 47.4 Å². The molecule has 7 rings (SSSR count). The fraction of sp³-hybridized carbons (Fsp3) is 0.179. The van der Waals surface area contributed by atoms with Gasteiger partial charge in [0.1, 0.15) is 11.5 Å². The number of fused-ring (bicyclic) bond motifs is 2. The number of imidazole rings is 1. The maximum Gasteiger partial charge on any atom is 0.178 e. The van der Waals surface area contributed by atoms with Crippen molar-refractivity contribution in [3.05, 3.63) is 78.8 Å². The minimum Gasteiger partial charge on any atom is -0.335 e. The molecule has 37 heavy (non-hydrogen) atoms. The molecule has 0 aliphatic carbocycles. The van der Waals surface area contributed by atoms with E-state index in [-0.39, 0.29) is 5.82 Å². The molecular formula is C28H23FN8. The first-order valence-electron chi connectivity index (χ1n) is 12.3. The van der Waals surface area contributed by atoms with E-state index in [2.05, 4.69) is 40.0 Å². The molecule has 0 bridgehead atoms. The number of pyridine rings is 3. The van der Waals surface area contributed by atoms with Crippen LogP contribution in [0.4, 0.5) is 4.39 Å². The number of H-pyrrole nitrogens is 2. The van der Waals surface area contributed by atoms with Gasteiger partial charge in [-0.05, 0) is 61.8 Å². The van der Waals surface area contributed by atoms with Gasteiger partial charge in [0, 0.05) is 59.8 Å². The molecule has 1 aliphatic rings. The molecule has 0 atom stereocenters. The predicted octanol–water partition coefficient (Wildman–Crippen LogP) is 5.36. The number of nitrogens with zero attached hydrogens (tertiary/aromatic N) is 6. The first-order valence-corrected chi connectivity index (χ1v) is 12.3. The van der Waals surface area contributed by atoms with Gasteiger partial charge >= 0.3 is 0 Å². The third kappa shape index (κ3) is 3.84. The van der Waals surface area contributed by atoms with Gasteiger partial charge in [0.2, 0.25) is 0 Å². The van der Waals surface area contributed by atoms with Crippen LogP contribution in [-0.4, -0.2) is 53.1 Å². The number of nitrogens with one attached hydrogen (secondary N) is 2. The van der Waals surface area contributed by atoms with E-state index in [1.54, 1.807) is 30.9 Å². The standard InChI is InChI=1S/C28H23FN8/c29-24-20(19-12-17(13-31-15-19)16-37-10-1-2-11-37)5-6-22-23(24)26(36-35-22)28-33-25-21(7-9-32-27(25)34-28)18-4-3-8-30-14-18/h3-9,12-15H,1-2,10-11,16H2,(H,35,36)(H,32,33,34). The number of hydrogen-bond donors (Lipinski definition) is 2. The normalized spacial score (nSPS) is 14.2. The molecule has 5 aromatic heterocycles. The van der Waals surface area contributed by atoms with Gasteiger partial charge < -0.3 is 4.98 Å². The lowest BCUT2D eigenvalue weighted by Gasteiger charge is -2.15. The van der Waals surface area contributed by atoms with Crippen LogP contribution in [0.15, 0.2) is 67.4 Å². The van der Waals surface area contributed by atoms with Crippen molar-refractivity contribution in [2.45, 2.75) is 19.4 Å². The lowest BCUT2D eigenvalue weighted by molar-refractivity contribution is 0.331. The zero-order valence-corrected chi connectivity index (χ0v) is 19.9. The predicted molar refractivity (Wildman–Crippen MR) is 140 cm³/mol. The smallest absolute Gasteiger partial charge is 0.178 e. The Kier molecular flexibility index (Phi) is 5.21. The van der Waals surface area contributed by atoms with Crippen LogP contribution in [0.2, 0.25) is 0 Å². The van der Waals surface area contributed by atoms with Gasteiger partial charge in [-0.3, -0.25) is 20.0 Å². The Bertz CT molecular complexity index is 1730. The third-order valence-electron chi connectivity index (χ3n) is 6.97. The van der Waals surface area contributed by atoms with Crippen molar-refractivity contribution in [3.63, 3.8) is 0 Å². The molecule has 6 aromatic rings. The first kappa shape index (κ1) is 21.8. The molecule has 1 aliphatic heterocycles. The van der Waals surface area contributed by atoms with Crippen molar-refractivity contribution >= 4 is 22.1 Å². The van der Waals surface area contributed by atoms with Crippen LogP contribution in [0.5, 0.6) is 0 Å². The summed E-state index contributed by atoms with van der Waals surface area (Å²) in [5.74, 6) is 0.0873.